The maximum Gasteiger partial charge on any atom is 0.159 e. The second kappa shape index (κ2) is 7.94. The van der Waals surface area contributed by atoms with E-state index in [2.05, 4.69) is 23.1 Å². The first kappa shape index (κ1) is 21.3. The van der Waals surface area contributed by atoms with Crippen molar-refractivity contribution in [2.24, 2.45) is 0 Å². The molecule has 0 bridgehead atoms. The summed E-state index contributed by atoms with van der Waals surface area (Å²) in [5.74, 6) is 0. The molecule has 9 aromatic rings. The molecule has 0 aliphatic rings. The molecule has 0 saturated carbocycles. The standard InChI is InChI=1S/C34H19N3O3/c1-4-13-27-22(8-1)23-11-7-12-26(34(23)40-27)37(20-16-30-32(35-18-20)24-9-2-5-14-28(24)38-30)21-17-31-33(36-19-21)25-10-3-6-15-29(25)39-31/h1-19H. The highest BCUT2D eigenvalue weighted by atomic mass is 16.3. The maximum atomic E-state index is 6.45. The lowest BCUT2D eigenvalue weighted by atomic mass is 10.1. The van der Waals surface area contributed by atoms with Crippen LogP contribution in [0.25, 0.3) is 66.1 Å². The Morgan fingerprint density at radius 3 is 1.55 bits per heavy atom. The van der Waals surface area contributed by atoms with E-state index in [0.717, 1.165) is 72.0 Å². The molecule has 9 rings (SSSR count). The summed E-state index contributed by atoms with van der Waals surface area (Å²) in [6.45, 7) is 0. The average Bonchev–Trinajstić information content (AvgIpc) is 3.68. The van der Waals surface area contributed by atoms with Gasteiger partial charge in [0.25, 0.3) is 0 Å². The van der Waals surface area contributed by atoms with Crippen molar-refractivity contribution in [2.75, 3.05) is 4.90 Å². The monoisotopic (exact) mass is 517 g/mol. The molecule has 0 atom stereocenters. The smallest absolute Gasteiger partial charge is 0.159 e. The van der Waals surface area contributed by atoms with Crippen LogP contribution in [0.2, 0.25) is 0 Å². The third-order valence-electron chi connectivity index (χ3n) is 7.54. The number of hydrogen-bond donors (Lipinski definition) is 0. The number of benzene rings is 4. The number of hydrogen-bond acceptors (Lipinski definition) is 6. The Balaban J connectivity index is 1.33. The van der Waals surface area contributed by atoms with E-state index in [-0.39, 0.29) is 0 Å². The van der Waals surface area contributed by atoms with Crippen molar-refractivity contribution in [1.82, 2.24) is 9.97 Å². The minimum absolute atomic E-state index is 0.707. The van der Waals surface area contributed by atoms with Crippen molar-refractivity contribution < 1.29 is 13.3 Å². The fraction of sp³-hybridized carbons (Fsp3) is 0. The van der Waals surface area contributed by atoms with Crippen molar-refractivity contribution in [3.05, 3.63) is 116 Å². The molecular formula is C34H19N3O3. The highest BCUT2D eigenvalue weighted by Gasteiger charge is 2.22. The molecule has 4 aromatic carbocycles. The van der Waals surface area contributed by atoms with E-state index in [0.29, 0.717) is 11.2 Å². The number of furan rings is 3. The molecule has 0 aliphatic carbocycles. The molecule has 0 saturated heterocycles. The number of aromatic nitrogens is 2. The Bertz CT molecular complexity index is 2300. The van der Waals surface area contributed by atoms with Gasteiger partial charge in [0.1, 0.15) is 27.8 Å². The summed E-state index contributed by atoms with van der Waals surface area (Å²) in [4.78, 5) is 11.8. The van der Waals surface area contributed by atoms with Crippen LogP contribution in [-0.4, -0.2) is 9.97 Å². The molecular weight excluding hydrogens is 498 g/mol. The lowest BCUT2D eigenvalue weighted by molar-refractivity contribution is 0.666. The molecule has 188 valence electrons. The summed E-state index contributed by atoms with van der Waals surface area (Å²) in [6.07, 6.45) is 3.74. The normalized spacial score (nSPS) is 12.0. The van der Waals surface area contributed by atoms with Gasteiger partial charge >= 0.3 is 0 Å². The summed E-state index contributed by atoms with van der Waals surface area (Å²) >= 11 is 0. The van der Waals surface area contributed by atoms with E-state index in [1.807, 2.05) is 97.3 Å². The fourth-order valence-electron chi connectivity index (χ4n) is 5.75. The van der Waals surface area contributed by atoms with Gasteiger partial charge in [-0.15, -0.1) is 0 Å². The third kappa shape index (κ3) is 2.98. The van der Waals surface area contributed by atoms with Gasteiger partial charge in [-0.1, -0.05) is 54.6 Å². The van der Waals surface area contributed by atoms with Crippen molar-refractivity contribution in [2.45, 2.75) is 0 Å². The topological polar surface area (TPSA) is 68.4 Å². The molecule has 0 spiro atoms. The van der Waals surface area contributed by atoms with Crippen molar-refractivity contribution in [3.63, 3.8) is 0 Å². The molecule has 0 radical (unpaired) electrons. The van der Waals surface area contributed by atoms with Crippen LogP contribution in [0.15, 0.2) is 129 Å². The molecule has 40 heavy (non-hydrogen) atoms. The molecule has 5 aromatic heterocycles. The van der Waals surface area contributed by atoms with Crippen LogP contribution >= 0.6 is 0 Å². The van der Waals surface area contributed by atoms with E-state index < -0.39 is 0 Å². The van der Waals surface area contributed by atoms with Gasteiger partial charge in [0.2, 0.25) is 0 Å². The quantitative estimate of drug-likeness (QED) is 0.232. The first-order chi connectivity index (χ1) is 19.8. The predicted molar refractivity (Wildman–Crippen MR) is 159 cm³/mol. The maximum absolute atomic E-state index is 6.45. The van der Waals surface area contributed by atoms with Crippen molar-refractivity contribution in [3.8, 4) is 0 Å². The summed E-state index contributed by atoms with van der Waals surface area (Å²) in [6, 6.07) is 34.2. The minimum Gasteiger partial charge on any atom is -0.454 e. The number of nitrogens with zero attached hydrogens (tertiary/aromatic N) is 3. The first-order valence-electron chi connectivity index (χ1n) is 13.1. The Labute approximate surface area is 226 Å². The Hall–Kier alpha value is -5.62. The zero-order chi connectivity index (χ0) is 26.2. The number of pyridine rings is 2. The Morgan fingerprint density at radius 2 is 0.950 bits per heavy atom. The SMILES string of the molecule is c1ccc2c(c1)oc1c(N(c3cnc4c(c3)oc3ccccc34)c3cnc4c(c3)oc3ccccc34)cccc12. The molecule has 6 nitrogen and oxygen atoms in total. The molecule has 0 fully saturated rings. The van der Waals surface area contributed by atoms with Crippen LogP contribution in [0.4, 0.5) is 17.1 Å². The Kier molecular flexibility index (Phi) is 4.24. The summed E-state index contributed by atoms with van der Waals surface area (Å²) in [5, 5.41) is 4.07. The summed E-state index contributed by atoms with van der Waals surface area (Å²) in [7, 11) is 0. The largest absolute Gasteiger partial charge is 0.454 e. The van der Waals surface area contributed by atoms with Gasteiger partial charge in [-0.25, -0.2) is 9.97 Å². The molecule has 6 heteroatoms. The summed E-state index contributed by atoms with van der Waals surface area (Å²) in [5.41, 5.74) is 8.78. The van der Waals surface area contributed by atoms with E-state index in [1.54, 1.807) is 0 Å². The molecule has 0 aliphatic heterocycles. The Morgan fingerprint density at radius 1 is 0.450 bits per heavy atom. The van der Waals surface area contributed by atoms with Crippen LogP contribution in [0.3, 0.4) is 0 Å². The average molecular weight is 518 g/mol. The van der Waals surface area contributed by atoms with E-state index in [4.69, 9.17) is 23.2 Å². The highest BCUT2D eigenvalue weighted by Crippen LogP contribution is 2.43. The van der Waals surface area contributed by atoms with Crippen LogP contribution in [0, 0.1) is 0 Å². The van der Waals surface area contributed by atoms with Gasteiger partial charge in [0, 0.05) is 33.7 Å². The van der Waals surface area contributed by atoms with Crippen LogP contribution < -0.4 is 4.90 Å². The number of anilines is 3. The van der Waals surface area contributed by atoms with E-state index in [9.17, 15) is 0 Å². The predicted octanol–water partition coefficient (Wildman–Crippen LogP) is 9.64. The van der Waals surface area contributed by atoms with Gasteiger partial charge in [-0.2, -0.15) is 0 Å². The third-order valence-corrected chi connectivity index (χ3v) is 7.54. The zero-order valence-corrected chi connectivity index (χ0v) is 21.0. The molecule has 0 amide bonds. The first-order valence-corrected chi connectivity index (χ1v) is 13.1. The molecule has 0 N–H and O–H groups in total. The second-order valence-corrected chi connectivity index (χ2v) is 9.86. The number of fused-ring (bicyclic) bond motifs is 9. The highest BCUT2D eigenvalue weighted by molar-refractivity contribution is 6.11. The van der Waals surface area contributed by atoms with Crippen LogP contribution in [-0.2, 0) is 0 Å². The fourth-order valence-corrected chi connectivity index (χ4v) is 5.75. The van der Waals surface area contributed by atoms with Gasteiger partial charge in [0.15, 0.2) is 16.7 Å². The number of para-hydroxylation sites is 4. The minimum atomic E-state index is 0.707. The van der Waals surface area contributed by atoms with E-state index >= 15 is 0 Å². The van der Waals surface area contributed by atoms with E-state index in [1.165, 1.54) is 0 Å². The van der Waals surface area contributed by atoms with Gasteiger partial charge in [-0.05, 0) is 36.4 Å². The van der Waals surface area contributed by atoms with Gasteiger partial charge in [0.05, 0.1) is 29.5 Å². The van der Waals surface area contributed by atoms with Crippen molar-refractivity contribution >= 4 is 83.1 Å². The van der Waals surface area contributed by atoms with Gasteiger partial charge < -0.3 is 18.2 Å². The van der Waals surface area contributed by atoms with Gasteiger partial charge in [-0.3, -0.25) is 0 Å². The molecule has 0 unspecified atom stereocenters. The lowest BCUT2D eigenvalue weighted by Crippen LogP contribution is -2.11. The van der Waals surface area contributed by atoms with Crippen LogP contribution in [0.5, 0.6) is 0 Å². The lowest BCUT2D eigenvalue weighted by Gasteiger charge is -2.24. The number of rotatable bonds is 3. The zero-order valence-electron chi connectivity index (χ0n) is 21.0. The second-order valence-electron chi connectivity index (χ2n) is 9.86. The molecule has 5 heterocycles. The summed E-state index contributed by atoms with van der Waals surface area (Å²) < 4.78 is 18.9. The van der Waals surface area contributed by atoms with Crippen molar-refractivity contribution in [1.29, 1.82) is 0 Å². The van der Waals surface area contributed by atoms with Crippen LogP contribution in [0.1, 0.15) is 0 Å².